The predicted octanol–water partition coefficient (Wildman–Crippen LogP) is 2.71. The lowest BCUT2D eigenvalue weighted by Crippen LogP contribution is -2.45. The smallest absolute Gasteiger partial charge is 0.224 e. The van der Waals surface area contributed by atoms with E-state index in [0.717, 1.165) is 38.4 Å². The van der Waals surface area contributed by atoms with Crippen LogP contribution >= 0.6 is 0 Å². The molecule has 0 spiro atoms. The van der Waals surface area contributed by atoms with Crippen LogP contribution in [0.3, 0.4) is 0 Å². The molecular formula is C16H30N2O. The van der Waals surface area contributed by atoms with Gasteiger partial charge in [0.2, 0.25) is 5.91 Å². The molecule has 110 valence electrons. The van der Waals surface area contributed by atoms with Gasteiger partial charge in [0.05, 0.1) is 5.92 Å². The Morgan fingerprint density at radius 2 is 1.89 bits per heavy atom. The number of rotatable bonds is 4. The first-order chi connectivity index (χ1) is 9.09. The number of carbonyl (C=O) groups excluding carboxylic acids is 1. The monoisotopic (exact) mass is 266 g/mol. The number of piperidine rings is 1. The average molecular weight is 266 g/mol. The van der Waals surface area contributed by atoms with Crippen LogP contribution in [0.25, 0.3) is 0 Å². The Balaban J connectivity index is 1.77. The Morgan fingerprint density at radius 3 is 2.53 bits per heavy atom. The topological polar surface area (TPSA) is 41.1 Å². The lowest BCUT2D eigenvalue weighted by Gasteiger charge is -2.37. The molecule has 2 fully saturated rings. The number of hydrogen-bond acceptors (Lipinski definition) is 2. The maximum absolute atomic E-state index is 12.2. The molecule has 0 aromatic heterocycles. The highest BCUT2D eigenvalue weighted by molar-refractivity contribution is 5.79. The first kappa shape index (κ1) is 14.8. The van der Waals surface area contributed by atoms with Crippen LogP contribution in [0.15, 0.2) is 0 Å². The van der Waals surface area contributed by atoms with Crippen LogP contribution in [0.1, 0.15) is 58.8 Å². The van der Waals surface area contributed by atoms with Crippen molar-refractivity contribution in [3.05, 3.63) is 0 Å². The van der Waals surface area contributed by atoms with Crippen molar-refractivity contribution in [3.8, 4) is 0 Å². The zero-order valence-corrected chi connectivity index (χ0v) is 12.6. The number of nitrogens with one attached hydrogen (secondary N) is 2. The SMILES string of the molecule is CC(C)(CNC(=O)C1CCCNC1)C1CCCCC1. The van der Waals surface area contributed by atoms with E-state index in [0.29, 0.717) is 0 Å². The molecule has 1 atom stereocenters. The minimum absolute atomic E-state index is 0.191. The summed E-state index contributed by atoms with van der Waals surface area (Å²) >= 11 is 0. The van der Waals surface area contributed by atoms with E-state index in [1.165, 1.54) is 32.1 Å². The van der Waals surface area contributed by atoms with Gasteiger partial charge in [0.1, 0.15) is 0 Å². The van der Waals surface area contributed by atoms with Crippen molar-refractivity contribution in [2.24, 2.45) is 17.3 Å². The summed E-state index contributed by atoms with van der Waals surface area (Å²) in [5.41, 5.74) is 0.248. The molecule has 1 amide bonds. The molecule has 1 heterocycles. The normalized spacial score (nSPS) is 26.1. The molecule has 1 saturated heterocycles. The minimum atomic E-state index is 0.191. The largest absolute Gasteiger partial charge is 0.355 e. The third kappa shape index (κ3) is 4.20. The van der Waals surface area contributed by atoms with Gasteiger partial charge >= 0.3 is 0 Å². The average Bonchev–Trinajstić information content (AvgIpc) is 2.47. The van der Waals surface area contributed by atoms with Gasteiger partial charge in [0.15, 0.2) is 0 Å². The van der Waals surface area contributed by atoms with E-state index in [4.69, 9.17) is 0 Å². The Morgan fingerprint density at radius 1 is 1.16 bits per heavy atom. The quantitative estimate of drug-likeness (QED) is 0.821. The molecule has 1 aliphatic heterocycles. The van der Waals surface area contributed by atoms with E-state index in [-0.39, 0.29) is 17.2 Å². The molecule has 0 radical (unpaired) electrons. The minimum Gasteiger partial charge on any atom is -0.355 e. The van der Waals surface area contributed by atoms with E-state index in [9.17, 15) is 4.79 Å². The van der Waals surface area contributed by atoms with E-state index in [2.05, 4.69) is 24.5 Å². The lowest BCUT2D eigenvalue weighted by atomic mass is 9.71. The molecular weight excluding hydrogens is 236 g/mol. The highest BCUT2D eigenvalue weighted by atomic mass is 16.1. The van der Waals surface area contributed by atoms with Crippen LogP contribution < -0.4 is 10.6 Å². The van der Waals surface area contributed by atoms with Gasteiger partial charge in [0.25, 0.3) is 0 Å². The van der Waals surface area contributed by atoms with Crippen LogP contribution in [0.2, 0.25) is 0 Å². The lowest BCUT2D eigenvalue weighted by molar-refractivity contribution is -0.126. The number of hydrogen-bond donors (Lipinski definition) is 2. The standard InChI is InChI=1S/C16H30N2O/c1-16(2,14-8-4-3-5-9-14)12-18-15(19)13-7-6-10-17-11-13/h13-14,17H,3-12H2,1-2H3,(H,18,19). The summed E-state index contributed by atoms with van der Waals surface area (Å²) in [5.74, 6) is 1.23. The van der Waals surface area contributed by atoms with Gasteiger partial charge in [-0.15, -0.1) is 0 Å². The van der Waals surface area contributed by atoms with Crippen molar-refractivity contribution < 1.29 is 4.79 Å². The summed E-state index contributed by atoms with van der Waals surface area (Å²) in [6.07, 6.45) is 8.99. The Hall–Kier alpha value is -0.570. The molecule has 1 unspecified atom stereocenters. The van der Waals surface area contributed by atoms with E-state index >= 15 is 0 Å². The van der Waals surface area contributed by atoms with E-state index in [1.54, 1.807) is 0 Å². The third-order valence-electron chi connectivity index (χ3n) is 5.10. The summed E-state index contributed by atoms with van der Waals surface area (Å²) in [6.45, 7) is 7.41. The fraction of sp³-hybridized carbons (Fsp3) is 0.938. The van der Waals surface area contributed by atoms with Gasteiger partial charge < -0.3 is 10.6 Å². The fourth-order valence-electron chi connectivity index (χ4n) is 3.56. The molecule has 3 heteroatoms. The van der Waals surface area contributed by atoms with Crippen molar-refractivity contribution in [2.75, 3.05) is 19.6 Å². The molecule has 1 aliphatic carbocycles. The van der Waals surface area contributed by atoms with Gasteiger partial charge in [-0.05, 0) is 43.6 Å². The maximum atomic E-state index is 12.2. The van der Waals surface area contributed by atoms with Crippen molar-refractivity contribution >= 4 is 5.91 Å². The van der Waals surface area contributed by atoms with Crippen molar-refractivity contribution in [1.29, 1.82) is 0 Å². The highest BCUT2D eigenvalue weighted by Crippen LogP contribution is 2.37. The summed E-state index contributed by atoms with van der Waals surface area (Å²) in [7, 11) is 0. The molecule has 0 aromatic rings. The molecule has 0 aromatic carbocycles. The second-order valence-electron chi connectivity index (χ2n) is 7.08. The third-order valence-corrected chi connectivity index (χ3v) is 5.10. The molecule has 19 heavy (non-hydrogen) atoms. The predicted molar refractivity (Wildman–Crippen MR) is 79.0 cm³/mol. The molecule has 3 nitrogen and oxygen atoms in total. The molecule has 1 saturated carbocycles. The zero-order valence-electron chi connectivity index (χ0n) is 12.6. The summed E-state index contributed by atoms with van der Waals surface area (Å²) in [5, 5.41) is 6.53. The number of carbonyl (C=O) groups is 1. The summed E-state index contributed by atoms with van der Waals surface area (Å²) in [4.78, 5) is 12.2. The van der Waals surface area contributed by atoms with Crippen LogP contribution in [-0.2, 0) is 4.79 Å². The Labute approximate surface area is 117 Å². The second kappa shape index (κ2) is 6.74. The van der Waals surface area contributed by atoms with Crippen molar-refractivity contribution in [2.45, 2.75) is 58.8 Å². The number of amides is 1. The van der Waals surface area contributed by atoms with Gasteiger partial charge in [-0.3, -0.25) is 4.79 Å². The maximum Gasteiger partial charge on any atom is 0.224 e. The second-order valence-corrected chi connectivity index (χ2v) is 7.08. The van der Waals surface area contributed by atoms with Gasteiger partial charge in [-0.2, -0.15) is 0 Å². The molecule has 2 rings (SSSR count). The van der Waals surface area contributed by atoms with E-state index in [1.807, 2.05) is 0 Å². The molecule has 0 bridgehead atoms. The zero-order chi connectivity index (χ0) is 13.7. The summed E-state index contributed by atoms with van der Waals surface area (Å²) in [6, 6.07) is 0. The van der Waals surface area contributed by atoms with Crippen molar-refractivity contribution in [3.63, 3.8) is 0 Å². The molecule has 2 N–H and O–H groups in total. The molecule has 2 aliphatic rings. The summed E-state index contributed by atoms with van der Waals surface area (Å²) < 4.78 is 0. The Kier molecular flexibility index (Phi) is 5.26. The van der Waals surface area contributed by atoms with Gasteiger partial charge in [0, 0.05) is 13.1 Å². The van der Waals surface area contributed by atoms with Crippen LogP contribution in [0, 0.1) is 17.3 Å². The first-order valence-corrected chi connectivity index (χ1v) is 8.08. The van der Waals surface area contributed by atoms with Gasteiger partial charge in [-0.1, -0.05) is 33.1 Å². The van der Waals surface area contributed by atoms with Crippen molar-refractivity contribution in [1.82, 2.24) is 10.6 Å². The highest BCUT2D eigenvalue weighted by Gasteiger charge is 2.31. The fourth-order valence-corrected chi connectivity index (χ4v) is 3.56. The van der Waals surface area contributed by atoms with Crippen LogP contribution in [0.5, 0.6) is 0 Å². The Bertz CT molecular complexity index is 289. The van der Waals surface area contributed by atoms with Crippen LogP contribution in [0.4, 0.5) is 0 Å². The van der Waals surface area contributed by atoms with Crippen LogP contribution in [-0.4, -0.2) is 25.5 Å². The first-order valence-electron chi connectivity index (χ1n) is 8.08. The van der Waals surface area contributed by atoms with E-state index < -0.39 is 0 Å². The van der Waals surface area contributed by atoms with Gasteiger partial charge in [-0.25, -0.2) is 0 Å².